The van der Waals surface area contributed by atoms with Gasteiger partial charge in [-0.25, -0.2) is 0 Å². The van der Waals surface area contributed by atoms with E-state index in [0.29, 0.717) is 23.7 Å². The zero-order chi connectivity index (χ0) is 17.4. The van der Waals surface area contributed by atoms with Crippen molar-refractivity contribution in [1.82, 2.24) is 0 Å². The molecule has 4 aromatic rings. The lowest BCUT2D eigenvalue weighted by molar-refractivity contribution is 0.306. The third-order valence-electron chi connectivity index (χ3n) is 4.18. The Bertz CT molecular complexity index is 1140. The summed E-state index contributed by atoms with van der Waals surface area (Å²) in [5, 5.41) is 12.6. The number of hydrogen-bond donors (Lipinski definition) is 1. The molecule has 0 unspecified atom stereocenters. The fourth-order valence-electron chi connectivity index (χ4n) is 3.03. The van der Waals surface area contributed by atoms with Crippen LogP contribution in [-0.2, 0) is 6.61 Å². The fourth-order valence-corrected chi connectivity index (χ4v) is 3.03. The minimum absolute atomic E-state index is 0.140. The van der Waals surface area contributed by atoms with Crippen molar-refractivity contribution in [2.75, 3.05) is 0 Å². The SMILES string of the molecule is Cc1cc(=O)c2c(O)cc(OCc3cccc4ccccc34)cc2o1. The van der Waals surface area contributed by atoms with Gasteiger partial charge in [0.15, 0.2) is 5.43 Å². The molecule has 3 aromatic carbocycles. The molecule has 4 rings (SSSR count). The molecular weight excluding hydrogens is 316 g/mol. The highest BCUT2D eigenvalue weighted by Gasteiger charge is 2.11. The first-order valence-electron chi connectivity index (χ1n) is 7.99. The molecule has 25 heavy (non-hydrogen) atoms. The van der Waals surface area contributed by atoms with E-state index in [1.807, 2.05) is 30.3 Å². The Labute approximate surface area is 143 Å². The van der Waals surface area contributed by atoms with Crippen molar-refractivity contribution in [2.24, 2.45) is 0 Å². The van der Waals surface area contributed by atoms with Crippen molar-refractivity contribution in [1.29, 1.82) is 0 Å². The zero-order valence-corrected chi connectivity index (χ0v) is 13.7. The summed E-state index contributed by atoms with van der Waals surface area (Å²) in [5.41, 5.74) is 1.10. The van der Waals surface area contributed by atoms with Crippen LogP contribution in [0.15, 0.2) is 69.9 Å². The number of aromatic hydroxyl groups is 1. The second-order valence-corrected chi connectivity index (χ2v) is 5.96. The van der Waals surface area contributed by atoms with Gasteiger partial charge < -0.3 is 14.3 Å². The second kappa shape index (κ2) is 5.98. The molecule has 0 saturated heterocycles. The number of phenols is 1. The summed E-state index contributed by atoms with van der Waals surface area (Å²) in [6, 6.07) is 18.6. The van der Waals surface area contributed by atoms with Crippen molar-refractivity contribution < 1.29 is 14.3 Å². The lowest BCUT2D eigenvalue weighted by atomic mass is 10.1. The highest BCUT2D eigenvalue weighted by Crippen LogP contribution is 2.29. The molecule has 124 valence electrons. The Morgan fingerprint density at radius 3 is 2.72 bits per heavy atom. The average molecular weight is 332 g/mol. The molecule has 0 aliphatic heterocycles. The van der Waals surface area contributed by atoms with E-state index in [1.165, 1.54) is 12.1 Å². The van der Waals surface area contributed by atoms with Crippen LogP contribution < -0.4 is 10.2 Å². The van der Waals surface area contributed by atoms with E-state index in [2.05, 4.69) is 12.1 Å². The Balaban J connectivity index is 1.70. The number of hydrogen-bond acceptors (Lipinski definition) is 4. The van der Waals surface area contributed by atoms with Gasteiger partial charge in [-0.05, 0) is 23.3 Å². The maximum absolute atomic E-state index is 12.0. The Kier molecular flexibility index (Phi) is 3.65. The van der Waals surface area contributed by atoms with Crippen LogP contribution in [0.2, 0.25) is 0 Å². The molecular formula is C21H16O4. The molecule has 0 spiro atoms. The van der Waals surface area contributed by atoms with Crippen LogP contribution >= 0.6 is 0 Å². The maximum atomic E-state index is 12.0. The van der Waals surface area contributed by atoms with Crippen LogP contribution in [0.4, 0.5) is 0 Å². The monoisotopic (exact) mass is 332 g/mol. The van der Waals surface area contributed by atoms with Crippen molar-refractivity contribution in [3.8, 4) is 11.5 Å². The summed E-state index contributed by atoms with van der Waals surface area (Å²) in [5.74, 6) is 0.800. The summed E-state index contributed by atoms with van der Waals surface area (Å²) in [6.45, 7) is 2.05. The van der Waals surface area contributed by atoms with E-state index < -0.39 is 0 Å². The number of benzene rings is 3. The van der Waals surface area contributed by atoms with Gasteiger partial charge in [0.25, 0.3) is 0 Å². The second-order valence-electron chi connectivity index (χ2n) is 5.96. The number of phenolic OH excluding ortho intramolecular Hbond substituents is 1. The number of fused-ring (bicyclic) bond motifs is 2. The molecule has 0 saturated carbocycles. The van der Waals surface area contributed by atoms with Gasteiger partial charge >= 0.3 is 0 Å². The van der Waals surface area contributed by atoms with Crippen molar-refractivity contribution in [2.45, 2.75) is 13.5 Å². The molecule has 1 aromatic heterocycles. The molecule has 4 heteroatoms. The van der Waals surface area contributed by atoms with E-state index in [9.17, 15) is 9.90 Å². The lowest BCUT2D eigenvalue weighted by Gasteiger charge is -2.10. The van der Waals surface area contributed by atoms with E-state index in [1.54, 1.807) is 13.0 Å². The lowest BCUT2D eigenvalue weighted by Crippen LogP contribution is -2.02. The number of ether oxygens (including phenoxy) is 1. The maximum Gasteiger partial charge on any atom is 0.196 e. The minimum Gasteiger partial charge on any atom is -0.507 e. The van der Waals surface area contributed by atoms with Crippen LogP contribution in [-0.4, -0.2) is 5.11 Å². The van der Waals surface area contributed by atoms with E-state index in [-0.39, 0.29) is 16.6 Å². The van der Waals surface area contributed by atoms with E-state index >= 15 is 0 Å². The normalized spacial score (nSPS) is 11.1. The first-order valence-corrected chi connectivity index (χ1v) is 7.99. The average Bonchev–Trinajstić information content (AvgIpc) is 2.59. The Hall–Kier alpha value is -3.27. The first kappa shape index (κ1) is 15.3. The topological polar surface area (TPSA) is 59.7 Å². The molecule has 0 aliphatic carbocycles. The van der Waals surface area contributed by atoms with Gasteiger partial charge in [0.1, 0.15) is 34.8 Å². The summed E-state index contributed by atoms with van der Waals surface area (Å²) in [6.07, 6.45) is 0. The predicted octanol–water partition coefficient (Wildman–Crippen LogP) is 4.54. The third kappa shape index (κ3) is 2.83. The molecule has 0 atom stereocenters. The Morgan fingerprint density at radius 2 is 1.84 bits per heavy atom. The first-order chi connectivity index (χ1) is 12.1. The van der Waals surface area contributed by atoms with Crippen molar-refractivity contribution in [3.05, 3.63) is 82.2 Å². The molecule has 0 amide bonds. The van der Waals surface area contributed by atoms with Crippen LogP contribution in [0.3, 0.4) is 0 Å². The minimum atomic E-state index is -0.267. The van der Waals surface area contributed by atoms with Gasteiger partial charge in [0.2, 0.25) is 0 Å². The van der Waals surface area contributed by atoms with Gasteiger partial charge in [-0.2, -0.15) is 0 Å². The molecule has 0 fully saturated rings. The summed E-state index contributed by atoms with van der Waals surface area (Å²) in [7, 11) is 0. The number of rotatable bonds is 3. The molecule has 1 heterocycles. The quantitative estimate of drug-likeness (QED) is 0.598. The molecule has 0 radical (unpaired) electrons. The van der Waals surface area contributed by atoms with Crippen LogP contribution in [0, 0.1) is 6.92 Å². The van der Waals surface area contributed by atoms with Crippen LogP contribution in [0.25, 0.3) is 21.7 Å². The smallest absolute Gasteiger partial charge is 0.196 e. The van der Waals surface area contributed by atoms with Gasteiger partial charge in [0, 0.05) is 18.2 Å². The third-order valence-corrected chi connectivity index (χ3v) is 4.18. The number of aryl methyl sites for hydroxylation is 1. The van der Waals surface area contributed by atoms with Gasteiger partial charge in [-0.15, -0.1) is 0 Å². The van der Waals surface area contributed by atoms with Crippen molar-refractivity contribution >= 4 is 21.7 Å². The fraction of sp³-hybridized carbons (Fsp3) is 0.0952. The Morgan fingerprint density at radius 1 is 1.04 bits per heavy atom. The van der Waals surface area contributed by atoms with Crippen molar-refractivity contribution in [3.63, 3.8) is 0 Å². The summed E-state index contributed by atoms with van der Waals surface area (Å²) >= 11 is 0. The van der Waals surface area contributed by atoms with Crippen LogP contribution in [0.5, 0.6) is 11.5 Å². The predicted molar refractivity (Wildman–Crippen MR) is 97.2 cm³/mol. The largest absolute Gasteiger partial charge is 0.507 e. The summed E-state index contributed by atoms with van der Waals surface area (Å²) in [4.78, 5) is 12.0. The van der Waals surface area contributed by atoms with Gasteiger partial charge in [-0.3, -0.25) is 4.79 Å². The molecule has 0 bridgehead atoms. The molecule has 4 nitrogen and oxygen atoms in total. The highest BCUT2D eigenvalue weighted by molar-refractivity contribution is 5.86. The highest BCUT2D eigenvalue weighted by atomic mass is 16.5. The van der Waals surface area contributed by atoms with Gasteiger partial charge in [0.05, 0.1) is 0 Å². The summed E-state index contributed by atoms with van der Waals surface area (Å²) < 4.78 is 11.4. The van der Waals surface area contributed by atoms with Gasteiger partial charge in [-0.1, -0.05) is 42.5 Å². The van der Waals surface area contributed by atoms with E-state index in [4.69, 9.17) is 9.15 Å². The standard InChI is InChI=1S/C21H16O4/c1-13-9-18(22)21-19(23)10-16(11-20(21)25-13)24-12-15-7-4-6-14-5-2-3-8-17(14)15/h2-11,23H,12H2,1H3. The molecule has 0 aliphatic rings. The molecule has 1 N–H and O–H groups in total. The zero-order valence-electron chi connectivity index (χ0n) is 13.7. The van der Waals surface area contributed by atoms with E-state index in [0.717, 1.165) is 16.3 Å². The van der Waals surface area contributed by atoms with Crippen LogP contribution in [0.1, 0.15) is 11.3 Å².